The van der Waals surface area contributed by atoms with Gasteiger partial charge in [0.25, 0.3) is 5.56 Å². The smallest absolute Gasteiger partial charge is 0.318 e. The third-order valence-corrected chi connectivity index (χ3v) is 4.23. The molecule has 1 atom stereocenters. The summed E-state index contributed by atoms with van der Waals surface area (Å²) >= 11 is 5.98. The fraction of sp³-hybridized carbons (Fsp3) is 0.500. The van der Waals surface area contributed by atoms with Crippen LogP contribution in [0.5, 0.6) is 0 Å². The summed E-state index contributed by atoms with van der Waals surface area (Å²) in [6.07, 6.45) is 0. The highest BCUT2D eigenvalue weighted by atomic mass is 35.5. The Balaban J connectivity index is 2.49. The topological polar surface area (TPSA) is 67.2 Å². The van der Waals surface area contributed by atoms with E-state index in [0.717, 1.165) is 0 Å². The van der Waals surface area contributed by atoms with Gasteiger partial charge in [0.2, 0.25) is 0 Å². The van der Waals surface area contributed by atoms with E-state index in [-0.39, 0.29) is 23.2 Å². The first kappa shape index (κ1) is 19.2. The number of nitrogens with one attached hydrogen (secondary N) is 1. The second-order valence-corrected chi connectivity index (χ2v) is 7.57. The largest absolute Gasteiger partial charge is 0.333 e. The van der Waals surface area contributed by atoms with Crippen molar-refractivity contribution in [3.8, 4) is 0 Å². The first-order valence-corrected chi connectivity index (χ1v) is 8.68. The molecule has 0 aliphatic carbocycles. The summed E-state index contributed by atoms with van der Waals surface area (Å²) in [7, 11) is 1.66. The van der Waals surface area contributed by atoms with Gasteiger partial charge in [-0.2, -0.15) is 0 Å². The highest BCUT2D eigenvalue weighted by molar-refractivity contribution is 6.31. The average Bonchev–Trinajstić information content (AvgIpc) is 2.50. The minimum absolute atomic E-state index is 0.179. The average molecular weight is 365 g/mol. The number of nitrogens with zero attached hydrogens (tertiary/aromatic N) is 3. The number of carbonyl (C=O) groups excluding carboxylic acids is 1. The zero-order chi connectivity index (χ0) is 18.9. The van der Waals surface area contributed by atoms with E-state index in [1.807, 2.05) is 34.6 Å². The Morgan fingerprint density at radius 3 is 2.60 bits per heavy atom. The predicted molar refractivity (Wildman–Crippen MR) is 101 cm³/mol. The van der Waals surface area contributed by atoms with Crippen LogP contribution >= 0.6 is 11.6 Å². The third-order valence-electron chi connectivity index (χ3n) is 4.00. The molecular weight excluding hydrogens is 340 g/mol. The number of aromatic nitrogens is 2. The Morgan fingerprint density at radius 1 is 1.40 bits per heavy atom. The molecule has 6 nitrogen and oxygen atoms in total. The third kappa shape index (κ3) is 4.12. The minimum atomic E-state index is -0.356. The molecule has 0 radical (unpaired) electrons. The van der Waals surface area contributed by atoms with Crippen molar-refractivity contribution in [3.63, 3.8) is 0 Å². The maximum absolute atomic E-state index is 12.7. The van der Waals surface area contributed by atoms with Crippen LogP contribution in [0.3, 0.4) is 0 Å². The van der Waals surface area contributed by atoms with Gasteiger partial charge in [-0.25, -0.2) is 9.78 Å². The van der Waals surface area contributed by atoms with Crippen molar-refractivity contribution in [2.45, 2.75) is 46.2 Å². The van der Waals surface area contributed by atoms with Gasteiger partial charge in [0.1, 0.15) is 5.82 Å². The molecule has 0 saturated carbocycles. The molecule has 1 aromatic heterocycles. The number of amides is 2. The molecule has 1 unspecified atom stereocenters. The van der Waals surface area contributed by atoms with E-state index < -0.39 is 0 Å². The van der Waals surface area contributed by atoms with E-state index in [4.69, 9.17) is 11.6 Å². The van der Waals surface area contributed by atoms with Gasteiger partial charge in [-0.1, -0.05) is 11.6 Å². The van der Waals surface area contributed by atoms with Crippen LogP contribution in [0, 0.1) is 0 Å². The van der Waals surface area contributed by atoms with Crippen LogP contribution in [0.15, 0.2) is 23.0 Å². The summed E-state index contributed by atoms with van der Waals surface area (Å²) in [5.74, 6) is 0.533. The fourth-order valence-electron chi connectivity index (χ4n) is 2.76. The maximum atomic E-state index is 12.7. The lowest BCUT2D eigenvalue weighted by Crippen LogP contribution is -2.49. The highest BCUT2D eigenvalue weighted by Gasteiger charge is 2.26. The fourth-order valence-corrected chi connectivity index (χ4v) is 2.93. The number of hydrogen-bond donors (Lipinski definition) is 1. The molecule has 1 N–H and O–H groups in total. The summed E-state index contributed by atoms with van der Waals surface area (Å²) in [5.41, 5.74) is 0.0483. The number of benzene rings is 1. The summed E-state index contributed by atoms with van der Waals surface area (Å²) in [5, 5.41) is 3.91. The molecule has 0 aliphatic rings. The molecule has 2 rings (SSSR count). The first-order valence-electron chi connectivity index (χ1n) is 8.30. The van der Waals surface area contributed by atoms with Crippen molar-refractivity contribution >= 4 is 28.5 Å². The van der Waals surface area contributed by atoms with Crippen LogP contribution in [0.1, 0.15) is 46.5 Å². The second kappa shape index (κ2) is 7.04. The normalized spacial score (nSPS) is 12.9. The van der Waals surface area contributed by atoms with E-state index in [0.29, 0.717) is 28.3 Å². The molecule has 1 heterocycles. The predicted octanol–water partition coefficient (Wildman–Crippen LogP) is 3.48. The van der Waals surface area contributed by atoms with E-state index >= 15 is 0 Å². The number of hydrogen-bond acceptors (Lipinski definition) is 3. The van der Waals surface area contributed by atoms with Crippen molar-refractivity contribution < 1.29 is 4.79 Å². The lowest BCUT2D eigenvalue weighted by atomic mass is 10.1. The van der Waals surface area contributed by atoms with Crippen molar-refractivity contribution in [1.29, 1.82) is 0 Å². The lowest BCUT2D eigenvalue weighted by molar-refractivity contribution is 0.170. The van der Waals surface area contributed by atoms with Crippen LogP contribution in [0.25, 0.3) is 10.9 Å². The Bertz CT molecular complexity index is 855. The van der Waals surface area contributed by atoms with Crippen LogP contribution in [0.2, 0.25) is 5.02 Å². The van der Waals surface area contributed by atoms with E-state index in [9.17, 15) is 9.59 Å². The molecule has 0 fully saturated rings. The summed E-state index contributed by atoms with van der Waals surface area (Å²) in [6.45, 7) is 10.1. The standard InChI is InChI=1S/C18H25ClN4O2/c1-7-23(17(25)21-18(3,4)5)11(2)15-20-14-9-8-12(19)10-13(14)16(24)22(15)6/h8-11H,7H2,1-6H3,(H,21,25). The second-order valence-electron chi connectivity index (χ2n) is 7.14. The van der Waals surface area contributed by atoms with Crippen molar-refractivity contribution in [2.75, 3.05) is 6.54 Å². The molecule has 136 valence electrons. The van der Waals surface area contributed by atoms with Crippen LogP contribution < -0.4 is 10.9 Å². The summed E-state index contributed by atoms with van der Waals surface area (Å²) in [6, 6.07) is 4.50. The molecular formula is C18H25ClN4O2. The Labute approximate surface area is 152 Å². The number of rotatable bonds is 3. The van der Waals surface area contributed by atoms with Crippen LogP contribution in [-0.2, 0) is 7.05 Å². The number of halogens is 1. The van der Waals surface area contributed by atoms with Crippen molar-refractivity contribution in [1.82, 2.24) is 19.8 Å². The zero-order valence-corrected chi connectivity index (χ0v) is 16.3. The van der Waals surface area contributed by atoms with Crippen molar-refractivity contribution in [2.24, 2.45) is 7.05 Å². The molecule has 0 bridgehead atoms. The van der Waals surface area contributed by atoms with Gasteiger partial charge >= 0.3 is 6.03 Å². The SMILES string of the molecule is CCN(C(=O)NC(C)(C)C)C(C)c1nc2ccc(Cl)cc2c(=O)n1C. The molecule has 1 aromatic carbocycles. The van der Waals surface area contributed by atoms with Gasteiger partial charge < -0.3 is 10.2 Å². The molecule has 2 aromatic rings. The van der Waals surface area contributed by atoms with E-state index in [1.54, 1.807) is 30.1 Å². The monoisotopic (exact) mass is 364 g/mol. The van der Waals surface area contributed by atoms with Crippen molar-refractivity contribution in [3.05, 3.63) is 39.4 Å². The molecule has 7 heteroatoms. The van der Waals surface area contributed by atoms with Gasteiger partial charge in [-0.3, -0.25) is 9.36 Å². The molecule has 0 aliphatic heterocycles. The molecule has 2 amide bonds. The zero-order valence-electron chi connectivity index (χ0n) is 15.6. The Kier molecular flexibility index (Phi) is 5.42. The van der Waals surface area contributed by atoms with Gasteiger partial charge in [-0.15, -0.1) is 0 Å². The van der Waals surface area contributed by atoms with Crippen LogP contribution in [-0.4, -0.2) is 32.6 Å². The summed E-state index contributed by atoms with van der Waals surface area (Å²) in [4.78, 5) is 31.5. The molecule has 25 heavy (non-hydrogen) atoms. The summed E-state index contributed by atoms with van der Waals surface area (Å²) < 4.78 is 1.48. The Hall–Kier alpha value is -2.08. The van der Waals surface area contributed by atoms with Gasteiger partial charge in [0, 0.05) is 24.2 Å². The number of fused-ring (bicyclic) bond motifs is 1. The quantitative estimate of drug-likeness (QED) is 0.906. The van der Waals surface area contributed by atoms with Crippen LogP contribution in [0.4, 0.5) is 4.79 Å². The number of carbonyl (C=O) groups is 1. The molecule has 0 spiro atoms. The Morgan fingerprint density at radius 2 is 2.04 bits per heavy atom. The first-order chi connectivity index (χ1) is 11.5. The van der Waals surface area contributed by atoms with Gasteiger partial charge in [0.15, 0.2) is 0 Å². The highest BCUT2D eigenvalue weighted by Crippen LogP contribution is 2.21. The minimum Gasteiger partial charge on any atom is -0.333 e. The lowest BCUT2D eigenvalue weighted by Gasteiger charge is -2.32. The van der Waals surface area contributed by atoms with E-state index in [2.05, 4.69) is 10.3 Å². The van der Waals surface area contributed by atoms with Gasteiger partial charge in [0.05, 0.1) is 16.9 Å². The molecule has 0 saturated heterocycles. The maximum Gasteiger partial charge on any atom is 0.318 e. The van der Waals surface area contributed by atoms with E-state index in [1.165, 1.54) is 4.57 Å². The number of urea groups is 1. The van der Waals surface area contributed by atoms with Gasteiger partial charge in [-0.05, 0) is 52.8 Å².